The molecule has 0 fully saturated rings. The monoisotopic (exact) mass is 311 g/mol. The van der Waals surface area contributed by atoms with Crippen LogP contribution in [0.15, 0.2) is 12.1 Å². The fourth-order valence-corrected chi connectivity index (χ4v) is 3.15. The number of hydrogen-bond donors (Lipinski definition) is 1. The van der Waals surface area contributed by atoms with Crippen molar-refractivity contribution in [3.8, 4) is 5.75 Å². The van der Waals surface area contributed by atoms with Crippen molar-refractivity contribution in [3.05, 3.63) is 28.3 Å². The van der Waals surface area contributed by atoms with Crippen molar-refractivity contribution in [2.24, 2.45) is 0 Å². The molecule has 1 aliphatic rings. The van der Waals surface area contributed by atoms with E-state index in [-0.39, 0.29) is 0 Å². The second-order valence-electron chi connectivity index (χ2n) is 5.73. The number of nitrogens with one attached hydrogen (secondary N) is 1. The van der Waals surface area contributed by atoms with Gasteiger partial charge in [-0.2, -0.15) is 0 Å². The normalized spacial score (nSPS) is 16.4. The van der Waals surface area contributed by atoms with Crippen LogP contribution in [-0.2, 0) is 17.6 Å². The topological polar surface area (TPSA) is 30.5 Å². The highest BCUT2D eigenvalue weighted by Crippen LogP contribution is 2.33. The molecular weight excluding hydrogens is 286 g/mol. The number of halogens is 1. The summed E-state index contributed by atoms with van der Waals surface area (Å²) in [5.74, 6) is 1.06. The van der Waals surface area contributed by atoms with Gasteiger partial charge in [-0.3, -0.25) is 0 Å². The summed E-state index contributed by atoms with van der Waals surface area (Å²) in [4.78, 5) is 0. The van der Waals surface area contributed by atoms with Crippen molar-refractivity contribution in [1.29, 1.82) is 0 Å². The first-order valence-electron chi connectivity index (χ1n) is 7.84. The van der Waals surface area contributed by atoms with Gasteiger partial charge in [-0.15, -0.1) is 0 Å². The van der Waals surface area contributed by atoms with Gasteiger partial charge in [-0.25, -0.2) is 0 Å². The Bertz CT molecular complexity index is 464. The van der Waals surface area contributed by atoms with Crippen LogP contribution in [0.4, 0.5) is 0 Å². The summed E-state index contributed by atoms with van der Waals surface area (Å²) in [6.07, 6.45) is 4.36. The first-order chi connectivity index (χ1) is 10.1. The van der Waals surface area contributed by atoms with Crippen molar-refractivity contribution in [2.75, 3.05) is 20.3 Å². The van der Waals surface area contributed by atoms with Gasteiger partial charge in [0.1, 0.15) is 5.75 Å². The fraction of sp³-hybridized carbons (Fsp3) is 0.647. The molecule has 1 aromatic rings. The summed E-state index contributed by atoms with van der Waals surface area (Å²) in [5, 5.41) is 4.38. The van der Waals surface area contributed by atoms with E-state index in [1.807, 2.05) is 6.07 Å². The van der Waals surface area contributed by atoms with Gasteiger partial charge in [0.15, 0.2) is 0 Å². The van der Waals surface area contributed by atoms with Crippen LogP contribution >= 0.6 is 11.6 Å². The Morgan fingerprint density at radius 2 is 2.19 bits per heavy atom. The highest BCUT2D eigenvalue weighted by Gasteiger charge is 2.20. The van der Waals surface area contributed by atoms with Gasteiger partial charge in [0.25, 0.3) is 0 Å². The molecule has 0 saturated carbocycles. The lowest BCUT2D eigenvalue weighted by Gasteiger charge is -2.21. The molecule has 21 heavy (non-hydrogen) atoms. The second kappa shape index (κ2) is 8.02. The number of methoxy groups -OCH3 is 1. The van der Waals surface area contributed by atoms with Crippen molar-refractivity contribution in [2.45, 2.75) is 51.7 Å². The highest BCUT2D eigenvalue weighted by atomic mass is 35.5. The van der Waals surface area contributed by atoms with Crippen LogP contribution in [0.1, 0.15) is 37.8 Å². The average molecular weight is 312 g/mol. The first kappa shape index (κ1) is 16.6. The number of rotatable bonds is 8. The van der Waals surface area contributed by atoms with E-state index in [0.717, 1.165) is 49.6 Å². The Morgan fingerprint density at radius 3 is 2.90 bits per heavy atom. The molecule has 1 N–H and O–H groups in total. The summed E-state index contributed by atoms with van der Waals surface area (Å²) in [6, 6.07) is 4.51. The van der Waals surface area contributed by atoms with Crippen LogP contribution in [0, 0.1) is 0 Å². The van der Waals surface area contributed by atoms with Gasteiger partial charge in [-0.1, -0.05) is 18.5 Å². The van der Waals surface area contributed by atoms with E-state index < -0.39 is 0 Å². The Kier molecular flexibility index (Phi) is 6.34. The van der Waals surface area contributed by atoms with Crippen LogP contribution in [0.2, 0.25) is 5.02 Å². The molecular formula is C17H26ClNO2. The smallest absolute Gasteiger partial charge is 0.125 e. The third-order valence-electron chi connectivity index (χ3n) is 4.11. The largest absolute Gasteiger partial charge is 0.493 e. The molecule has 0 amide bonds. The number of likely N-dealkylation sites (N-methyl/N-ethyl adjacent to an activating group) is 1. The fourth-order valence-electron chi connectivity index (χ4n) is 2.88. The maximum atomic E-state index is 6.24. The zero-order valence-corrected chi connectivity index (χ0v) is 14.0. The first-order valence-corrected chi connectivity index (χ1v) is 8.22. The van der Waals surface area contributed by atoms with E-state index in [0.29, 0.717) is 12.1 Å². The summed E-state index contributed by atoms with van der Waals surface area (Å²) >= 11 is 6.24. The van der Waals surface area contributed by atoms with Gasteiger partial charge in [-0.05, 0) is 56.0 Å². The maximum absolute atomic E-state index is 6.24. The Hall–Kier alpha value is -0.770. The van der Waals surface area contributed by atoms with Gasteiger partial charge in [0.2, 0.25) is 0 Å². The molecule has 2 atom stereocenters. The van der Waals surface area contributed by atoms with Gasteiger partial charge >= 0.3 is 0 Å². The van der Waals surface area contributed by atoms with E-state index in [1.54, 1.807) is 7.11 Å². The third-order valence-corrected chi connectivity index (χ3v) is 4.33. The minimum atomic E-state index is 0.299. The molecule has 1 heterocycles. The Labute approximate surface area is 133 Å². The molecule has 1 aliphatic heterocycles. The molecule has 4 heteroatoms. The lowest BCUT2D eigenvalue weighted by atomic mass is 9.97. The number of ether oxygens (including phenoxy) is 2. The minimum Gasteiger partial charge on any atom is -0.493 e. The van der Waals surface area contributed by atoms with E-state index in [2.05, 4.69) is 25.2 Å². The van der Waals surface area contributed by atoms with Crippen LogP contribution < -0.4 is 10.1 Å². The molecule has 0 saturated heterocycles. The molecule has 0 aliphatic carbocycles. The van der Waals surface area contributed by atoms with E-state index in [9.17, 15) is 0 Å². The van der Waals surface area contributed by atoms with Gasteiger partial charge < -0.3 is 14.8 Å². The van der Waals surface area contributed by atoms with Crippen molar-refractivity contribution < 1.29 is 9.47 Å². The van der Waals surface area contributed by atoms with E-state index in [4.69, 9.17) is 21.1 Å². The molecule has 2 unspecified atom stereocenters. The van der Waals surface area contributed by atoms with Crippen molar-refractivity contribution in [3.63, 3.8) is 0 Å². The molecule has 0 radical (unpaired) electrons. The molecule has 3 nitrogen and oxygen atoms in total. The average Bonchev–Trinajstić information content (AvgIpc) is 2.92. The molecule has 0 bridgehead atoms. The van der Waals surface area contributed by atoms with Gasteiger partial charge in [0.05, 0.1) is 12.7 Å². The molecule has 1 aromatic carbocycles. The van der Waals surface area contributed by atoms with Crippen LogP contribution in [-0.4, -0.2) is 32.4 Å². The Balaban J connectivity index is 2.06. The van der Waals surface area contributed by atoms with Gasteiger partial charge in [0, 0.05) is 24.6 Å². The second-order valence-corrected chi connectivity index (χ2v) is 6.17. The predicted molar refractivity (Wildman–Crippen MR) is 87.5 cm³/mol. The third kappa shape index (κ3) is 4.60. The van der Waals surface area contributed by atoms with Crippen LogP contribution in [0.25, 0.3) is 0 Å². The molecule has 0 spiro atoms. The van der Waals surface area contributed by atoms with Crippen LogP contribution in [0.5, 0.6) is 5.75 Å². The van der Waals surface area contributed by atoms with E-state index in [1.165, 1.54) is 11.1 Å². The summed E-state index contributed by atoms with van der Waals surface area (Å²) in [6.45, 7) is 6.00. The predicted octanol–water partition coefficient (Wildman–Crippen LogP) is 3.61. The minimum absolute atomic E-state index is 0.299. The Morgan fingerprint density at radius 1 is 1.38 bits per heavy atom. The van der Waals surface area contributed by atoms with Crippen molar-refractivity contribution in [1.82, 2.24) is 5.32 Å². The van der Waals surface area contributed by atoms with Crippen LogP contribution in [0.3, 0.4) is 0 Å². The van der Waals surface area contributed by atoms with Crippen molar-refractivity contribution >= 4 is 11.6 Å². The highest BCUT2D eigenvalue weighted by molar-refractivity contribution is 6.30. The number of hydrogen-bond acceptors (Lipinski definition) is 3. The van der Waals surface area contributed by atoms with E-state index >= 15 is 0 Å². The summed E-state index contributed by atoms with van der Waals surface area (Å²) in [7, 11) is 1.77. The maximum Gasteiger partial charge on any atom is 0.125 e. The summed E-state index contributed by atoms with van der Waals surface area (Å²) < 4.78 is 11.1. The zero-order valence-electron chi connectivity index (χ0n) is 13.2. The standard InChI is InChI=1S/C17H26ClNO2/c1-4-19-16(6-5-12(2)20-3)11-14-10-15(18)9-13-7-8-21-17(13)14/h9-10,12,16,19H,4-8,11H2,1-3H3. The quantitative estimate of drug-likeness (QED) is 0.795. The molecule has 118 valence electrons. The lowest BCUT2D eigenvalue weighted by molar-refractivity contribution is 0.106. The SMILES string of the molecule is CCNC(CCC(C)OC)Cc1cc(Cl)cc2c1OCC2. The summed E-state index contributed by atoms with van der Waals surface area (Å²) in [5.41, 5.74) is 2.48. The molecule has 2 rings (SSSR count). The number of benzene rings is 1. The number of fused-ring (bicyclic) bond motifs is 1. The lowest BCUT2D eigenvalue weighted by Crippen LogP contribution is -2.32. The zero-order chi connectivity index (χ0) is 15.2. The molecule has 0 aromatic heterocycles.